The molecule has 27 heavy (non-hydrogen) atoms. The lowest BCUT2D eigenvalue weighted by Crippen LogP contribution is -2.31. The molecule has 1 amide bonds. The zero-order valence-electron chi connectivity index (χ0n) is 15.7. The highest BCUT2D eigenvalue weighted by Crippen LogP contribution is 2.42. The normalized spacial score (nSPS) is 16.8. The molecule has 5 heteroatoms. The van der Waals surface area contributed by atoms with Crippen LogP contribution in [-0.4, -0.2) is 23.4 Å². The lowest BCUT2D eigenvalue weighted by atomic mass is 9.94. The Morgan fingerprint density at radius 2 is 1.85 bits per heavy atom. The minimum Gasteiger partial charge on any atom is -0.503 e. The average Bonchev–Trinajstić information content (AvgIpc) is 2.94. The average molecular weight is 365 g/mol. The van der Waals surface area contributed by atoms with Gasteiger partial charge in [-0.05, 0) is 43.7 Å². The first-order chi connectivity index (χ1) is 13.0. The minimum absolute atomic E-state index is 0.136. The molecule has 0 aliphatic carbocycles. The Morgan fingerprint density at radius 3 is 2.48 bits per heavy atom. The topological polar surface area (TPSA) is 66.8 Å². The van der Waals surface area contributed by atoms with E-state index in [0.717, 1.165) is 11.1 Å². The maximum absolute atomic E-state index is 12.9. The van der Waals surface area contributed by atoms with E-state index in [0.29, 0.717) is 18.0 Å². The van der Waals surface area contributed by atoms with Crippen molar-refractivity contribution in [2.45, 2.75) is 33.2 Å². The van der Waals surface area contributed by atoms with Crippen molar-refractivity contribution < 1.29 is 19.4 Å². The van der Waals surface area contributed by atoms with Crippen LogP contribution >= 0.6 is 0 Å². The van der Waals surface area contributed by atoms with E-state index in [1.807, 2.05) is 62.4 Å². The second-order valence-corrected chi connectivity index (χ2v) is 6.46. The summed E-state index contributed by atoms with van der Waals surface area (Å²) >= 11 is 0. The molecule has 2 aromatic carbocycles. The summed E-state index contributed by atoms with van der Waals surface area (Å²) in [7, 11) is 0. The molecule has 0 bridgehead atoms. The molecule has 5 nitrogen and oxygen atoms in total. The van der Waals surface area contributed by atoms with E-state index < -0.39 is 17.7 Å². The number of benzene rings is 2. The third-order valence-electron chi connectivity index (χ3n) is 4.63. The van der Waals surface area contributed by atoms with Crippen molar-refractivity contribution in [2.75, 3.05) is 11.5 Å². The highest BCUT2D eigenvalue weighted by molar-refractivity contribution is 6.16. The van der Waals surface area contributed by atoms with Crippen molar-refractivity contribution in [2.24, 2.45) is 0 Å². The van der Waals surface area contributed by atoms with E-state index in [9.17, 15) is 14.7 Å². The number of aliphatic hydroxyl groups is 1. The Balaban J connectivity index is 2.15. The molecule has 140 valence electrons. The predicted molar refractivity (Wildman–Crippen MR) is 104 cm³/mol. The van der Waals surface area contributed by atoms with Gasteiger partial charge in [0.15, 0.2) is 11.5 Å². The number of nitrogens with zero attached hydrogens (tertiary/aromatic N) is 1. The fourth-order valence-corrected chi connectivity index (χ4v) is 3.31. The maximum Gasteiger partial charge on any atom is 0.294 e. The molecule has 1 N–H and O–H groups in total. The number of aliphatic hydroxyl groups excluding tert-OH is 1. The number of aryl methyl sites for hydroxylation is 1. The molecule has 1 atom stereocenters. The molecule has 2 aromatic rings. The first-order valence-corrected chi connectivity index (χ1v) is 9.07. The summed E-state index contributed by atoms with van der Waals surface area (Å²) in [5.41, 5.74) is 2.54. The standard InChI is InChI=1S/C22H23NO4/c1-4-18(24)19-20(15-7-6-8-17(13-15)27-5-2)23(22(26)21(19)25)16-11-9-14(3)10-12-16/h6-13,20,25H,4-5H2,1-3H3. The number of carbonyl (C=O) groups excluding carboxylic acids is 2. The maximum atomic E-state index is 12.9. The van der Waals surface area contributed by atoms with E-state index in [1.54, 1.807) is 6.92 Å². The molecule has 3 rings (SSSR count). The summed E-state index contributed by atoms with van der Waals surface area (Å²) in [6.07, 6.45) is 0.204. The van der Waals surface area contributed by atoms with Gasteiger partial charge in [0.05, 0.1) is 18.2 Å². The van der Waals surface area contributed by atoms with Crippen molar-refractivity contribution in [3.8, 4) is 5.75 Å². The number of anilines is 1. The Hall–Kier alpha value is -3.08. The Labute approximate surface area is 158 Å². The second kappa shape index (κ2) is 7.66. The van der Waals surface area contributed by atoms with Crippen LogP contribution in [0.5, 0.6) is 5.75 Å². The van der Waals surface area contributed by atoms with E-state index in [2.05, 4.69) is 0 Å². The molecular formula is C22H23NO4. The van der Waals surface area contributed by atoms with Gasteiger partial charge < -0.3 is 9.84 Å². The zero-order valence-corrected chi connectivity index (χ0v) is 15.7. The van der Waals surface area contributed by atoms with Gasteiger partial charge in [0.2, 0.25) is 0 Å². The molecule has 0 spiro atoms. The summed E-state index contributed by atoms with van der Waals surface area (Å²) in [5, 5.41) is 10.5. The molecule has 1 aliphatic heterocycles. The lowest BCUT2D eigenvalue weighted by molar-refractivity contribution is -0.118. The Kier molecular flexibility index (Phi) is 5.31. The van der Waals surface area contributed by atoms with Gasteiger partial charge in [-0.3, -0.25) is 14.5 Å². The molecule has 1 heterocycles. The summed E-state index contributed by atoms with van der Waals surface area (Å²) in [6, 6.07) is 14.0. The quantitative estimate of drug-likeness (QED) is 0.830. The van der Waals surface area contributed by atoms with Crippen LogP contribution in [0, 0.1) is 6.92 Å². The molecule has 1 aliphatic rings. The molecule has 0 saturated heterocycles. The number of carbonyl (C=O) groups is 2. The van der Waals surface area contributed by atoms with Crippen LogP contribution < -0.4 is 9.64 Å². The van der Waals surface area contributed by atoms with E-state index in [-0.39, 0.29) is 17.8 Å². The highest BCUT2D eigenvalue weighted by Gasteiger charge is 2.43. The van der Waals surface area contributed by atoms with Gasteiger partial charge in [-0.1, -0.05) is 36.8 Å². The lowest BCUT2D eigenvalue weighted by Gasteiger charge is -2.27. The van der Waals surface area contributed by atoms with Gasteiger partial charge in [-0.2, -0.15) is 0 Å². The summed E-state index contributed by atoms with van der Waals surface area (Å²) in [5.74, 6) is -0.639. The number of hydrogen-bond acceptors (Lipinski definition) is 4. The monoisotopic (exact) mass is 365 g/mol. The van der Waals surface area contributed by atoms with Crippen molar-refractivity contribution in [3.05, 3.63) is 71.0 Å². The predicted octanol–water partition coefficient (Wildman–Crippen LogP) is 4.27. The van der Waals surface area contributed by atoms with Crippen LogP contribution in [0.4, 0.5) is 5.69 Å². The van der Waals surface area contributed by atoms with Crippen molar-refractivity contribution in [1.82, 2.24) is 0 Å². The first kappa shape index (κ1) is 18.7. The number of rotatable bonds is 6. The highest BCUT2D eigenvalue weighted by atomic mass is 16.5. The number of ether oxygens (including phenoxy) is 1. The Morgan fingerprint density at radius 1 is 1.15 bits per heavy atom. The molecule has 0 fully saturated rings. The fraction of sp³-hybridized carbons (Fsp3) is 0.273. The molecule has 0 radical (unpaired) electrons. The number of amides is 1. The first-order valence-electron chi connectivity index (χ1n) is 9.07. The fourth-order valence-electron chi connectivity index (χ4n) is 3.31. The number of Topliss-reactive ketones (excluding diaryl/α,β-unsaturated/α-hetero) is 1. The van der Waals surface area contributed by atoms with Gasteiger partial charge in [-0.25, -0.2) is 0 Å². The summed E-state index contributed by atoms with van der Waals surface area (Å²) in [6.45, 7) is 6.08. The van der Waals surface area contributed by atoms with Crippen molar-refractivity contribution >= 4 is 17.4 Å². The van der Waals surface area contributed by atoms with Crippen LogP contribution in [0.15, 0.2) is 59.9 Å². The molecular weight excluding hydrogens is 342 g/mol. The van der Waals surface area contributed by atoms with E-state index in [4.69, 9.17) is 4.74 Å². The number of hydrogen-bond donors (Lipinski definition) is 1. The van der Waals surface area contributed by atoms with Crippen LogP contribution in [0.25, 0.3) is 0 Å². The second-order valence-electron chi connectivity index (χ2n) is 6.46. The van der Waals surface area contributed by atoms with Crippen molar-refractivity contribution in [3.63, 3.8) is 0 Å². The van der Waals surface area contributed by atoms with Crippen molar-refractivity contribution in [1.29, 1.82) is 0 Å². The molecule has 0 aromatic heterocycles. The third-order valence-corrected chi connectivity index (χ3v) is 4.63. The van der Waals surface area contributed by atoms with Gasteiger partial charge in [-0.15, -0.1) is 0 Å². The van der Waals surface area contributed by atoms with Crippen LogP contribution in [0.3, 0.4) is 0 Å². The van der Waals surface area contributed by atoms with Gasteiger partial charge in [0.25, 0.3) is 5.91 Å². The third kappa shape index (κ3) is 3.45. The van der Waals surface area contributed by atoms with E-state index >= 15 is 0 Å². The smallest absolute Gasteiger partial charge is 0.294 e. The van der Waals surface area contributed by atoms with E-state index in [1.165, 1.54) is 4.90 Å². The molecule has 0 saturated carbocycles. The summed E-state index contributed by atoms with van der Waals surface area (Å²) in [4.78, 5) is 26.9. The Bertz CT molecular complexity index is 899. The van der Waals surface area contributed by atoms with Crippen LogP contribution in [-0.2, 0) is 9.59 Å². The van der Waals surface area contributed by atoms with Crippen LogP contribution in [0.2, 0.25) is 0 Å². The van der Waals surface area contributed by atoms with Crippen LogP contribution in [0.1, 0.15) is 37.4 Å². The zero-order chi connectivity index (χ0) is 19.6. The minimum atomic E-state index is -0.687. The summed E-state index contributed by atoms with van der Waals surface area (Å²) < 4.78 is 5.57. The SMILES string of the molecule is CCOc1cccc(C2C(C(=O)CC)=C(O)C(=O)N2c2ccc(C)cc2)c1. The van der Waals surface area contributed by atoms with Gasteiger partial charge in [0.1, 0.15) is 5.75 Å². The van der Waals surface area contributed by atoms with Gasteiger partial charge in [0, 0.05) is 12.1 Å². The molecule has 1 unspecified atom stereocenters. The number of ketones is 1. The van der Waals surface area contributed by atoms with Gasteiger partial charge >= 0.3 is 0 Å². The largest absolute Gasteiger partial charge is 0.503 e.